The molecule has 108 valence electrons. The number of amides is 2. The van der Waals surface area contributed by atoms with E-state index in [0.717, 1.165) is 38.0 Å². The van der Waals surface area contributed by atoms with Crippen molar-refractivity contribution in [1.29, 1.82) is 0 Å². The minimum atomic E-state index is -0.104. The van der Waals surface area contributed by atoms with Crippen molar-refractivity contribution in [3.8, 4) is 0 Å². The summed E-state index contributed by atoms with van der Waals surface area (Å²) in [5, 5.41) is 5.98. The van der Waals surface area contributed by atoms with E-state index in [4.69, 9.17) is 4.74 Å². The van der Waals surface area contributed by atoms with Gasteiger partial charge in [-0.05, 0) is 37.8 Å². The minimum absolute atomic E-state index is 0.104. The lowest BCUT2D eigenvalue weighted by atomic mass is 9.82. The molecule has 2 fully saturated rings. The van der Waals surface area contributed by atoms with E-state index in [9.17, 15) is 4.79 Å². The highest BCUT2D eigenvalue weighted by Crippen LogP contribution is 2.34. The molecular formula is C15H21N3O2. The highest BCUT2D eigenvalue weighted by molar-refractivity contribution is 5.74. The van der Waals surface area contributed by atoms with Gasteiger partial charge in [0.2, 0.25) is 0 Å². The number of aromatic nitrogens is 1. The number of rotatable bonds is 3. The van der Waals surface area contributed by atoms with Crippen molar-refractivity contribution >= 4 is 6.03 Å². The Balaban J connectivity index is 1.48. The van der Waals surface area contributed by atoms with Crippen LogP contribution in [-0.2, 0) is 11.3 Å². The van der Waals surface area contributed by atoms with Gasteiger partial charge in [-0.15, -0.1) is 0 Å². The highest BCUT2D eigenvalue weighted by atomic mass is 16.5. The molecule has 0 bridgehead atoms. The first-order chi connectivity index (χ1) is 9.83. The summed E-state index contributed by atoms with van der Waals surface area (Å²) in [4.78, 5) is 16.2. The lowest BCUT2D eigenvalue weighted by Crippen LogP contribution is -2.49. The van der Waals surface area contributed by atoms with Crippen molar-refractivity contribution in [2.75, 3.05) is 6.61 Å². The number of urea groups is 1. The van der Waals surface area contributed by atoms with E-state index in [2.05, 4.69) is 15.6 Å². The Morgan fingerprint density at radius 3 is 3.15 bits per heavy atom. The minimum Gasteiger partial charge on any atom is -0.378 e. The molecule has 5 nitrogen and oxygen atoms in total. The molecular weight excluding hydrogens is 254 g/mol. The van der Waals surface area contributed by atoms with Crippen LogP contribution in [0.4, 0.5) is 4.79 Å². The van der Waals surface area contributed by atoms with E-state index >= 15 is 0 Å². The maximum atomic E-state index is 12.0. The molecule has 0 unspecified atom stereocenters. The fraction of sp³-hybridized carbons (Fsp3) is 0.600. The molecule has 1 aliphatic heterocycles. The van der Waals surface area contributed by atoms with Crippen LogP contribution in [0.25, 0.3) is 0 Å². The van der Waals surface area contributed by atoms with E-state index in [-0.39, 0.29) is 12.1 Å². The Bertz CT molecular complexity index is 452. The van der Waals surface area contributed by atoms with E-state index < -0.39 is 0 Å². The Kier molecular flexibility index (Phi) is 4.16. The standard InChI is InChI=1S/C15H21N3O2/c19-15(17-10-11-4-1-2-8-16-11)18-13-5-3-6-14-12(13)7-9-20-14/h1-2,4,8,12-14H,3,5-7,9-10H2,(H2,17,18,19)/t12-,13-,14+/m1/s1. The van der Waals surface area contributed by atoms with Crippen molar-refractivity contribution < 1.29 is 9.53 Å². The van der Waals surface area contributed by atoms with E-state index in [1.807, 2.05) is 18.2 Å². The fourth-order valence-electron chi connectivity index (χ4n) is 3.25. The second kappa shape index (κ2) is 6.22. The molecule has 20 heavy (non-hydrogen) atoms. The maximum absolute atomic E-state index is 12.0. The molecule has 2 heterocycles. The third-order valence-electron chi connectivity index (χ3n) is 4.25. The number of hydrogen-bond acceptors (Lipinski definition) is 3. The molecule has 0 spiro atoms. The van der Waals surface area contributed by atoms with Gasteiger partial charge in [0.25, 0.3) is 0 Å². The third kappa shape index (κ3) is 3.10. The van der Waals surface area contributed by atoms with Crippen LogP contribution in [0.2, 0.25) is 0 Å². The summed E-state index contributed by atoms with van der Waals surface area (Å²) in [5.41, 5.74) is 0.869. The lowest BCUT2D eigenvalue weighted by Gasteiger charge is -2.33. The summed E-state index contributed by atoms with van der Waals surface area (Å²) in [6.45, 7) is 1.30. The Morgan fingerprint density at radius 2 is 2.30 bits per heavy atom. The molecule has 1 saturated carbocycles. The zero-order valence-corrected chi connectivity index (χ0v) is 11.5. The average molecular weight is 275 g/mol. The average Bonchev–Trinajstić information content (AvgIpc) is 2.96. The van der Waals surface area contributed by atoms with Crippen LogP contribution in [0.3, 0.4) is 0 Å². The monoisotopic (exact) mass is 275 g/mol. The predicted molar refractivity (Wildman–Crippen MR) is 75.1 cm³/mol. The van der Waals surface area contributed by atoms with Crippen LogP contribution >= 0.6 is 0 Å². The number of carbonyl (C=O) groups is 1. The normalized spacial score (nSPS) is 28.7. The molecule has 3 atom stereocenters. The number of nitrogens with zero attached hydrogens (tertiary/aromatic N) is 1. The third-order valence-corrected chi connectivity index (χ3v) is 4.25. The number of carbonyl (C=O) groups excluding carboxylic acids is 1. The molecule has 1 saturated heterocycles. The summed E-state index contributed by atoms with van der Waals surface area (Å²) in [5.74, 6) is 0.490. The van der Waals surface area contributed by atoms with Gasteiger partial charge in [-0.2, -0.15) is 0 Å². The van der Waals surface area contributed by atoms with Crippen molar-refractivity contribution in [2.45, 2.75) is 44.4 Å². The van der Waals surface area contributed by atoms with Gasteiger partial charge < -0.3 is 15.4 Å². The number of fused-ring (bicyclic) bond motifs is 1. The Hall–Kier alpha value is -1.62. The van der Waals surface area contributed by atoms with Gasteiger partial charge in [-0.25, -0.2) is 4.79 Å². The van der Waals surface area contributed by atoms with Gasteiger partial charge in [-0.1, -0.05) is 6.07 Å². The predicted octanol–water partition coefficient (Wildman–Crippen LogP) is 1.84. The van der Waals surface area contributed by atoms with Gasteiger partial charge in [0.1, 0.15) is 0 Å². The maximum Gasteiger partial charge on any atom is 0.315 e. The van der Waals surface area contributed by atoms with Crippen molar-refractivity contribution in [2.24, 2.45) is 5.92 Å². The first kappa shape index (κ1) is 13.4. The molecule has 1 aliphatic carbocycles. The number of nitrogens with one attached hydrogen (secondary N) is 2. The van der Waals surface area contributed by atoms with Gasteiger partial charge in [0, 0.05) is 24.8 Å². The van der Waals surface area contributed by atoms with Crippen LogP contribution in [-0.4, -0.2) is 29.8 Å². The first-order valence-corrected chi connectivity index (χ1v) is 7.39. The van der Waals surface area contributed by atoms with Crippen LogP contribution in [0.15, 0.2) is 24.4 Å². The van der Waals surface area contributed by atoms with Gasteiger partial charge in [0.15, 0.2) is 0 Å². The van der Waals surface area contributed by atoms with Crippen molar-refractivity contribution in [3.63, 3.8) is 0 Å². The summed E-state index contributed by atoms with van der Waals surface area (Å²) in [6.07, 6.45) is 6.48. The first-order valence-electron chi connectivity index (χ1n) is 7.39. The summed E-state index contributed by atoms with van der Waals surface area (Å²) >= 11 is 0. The topological polar surface area (TPSA) is 63.2 Å². The number of ether oxygens (including phenoxy) is 1. The Labute approximate surface area is 119 Å². The van der Waals surface area contributed by atoms with Crippen LogP contribution in [0.5, 0.6) is 0 Å². The van der Waals surface area contributed by atoms with E-state index in [1.54, 1.807) is 6.20 Å². The van der Waals surface area contributed by atoms with Gasteiger partial charge >= 0.3 is 6.03 Å². The summed E-state index contributed by atoms with van der Waals surface area (Å²) in [7, 11) is 0. The quantitative estimate of drug-likeness (QED) is 0.884. The van der Waals surface area contributed by atoms with Crippen molar-refractivity contribution in [1.82, 2.24) is 15.6 Å². The second-order valence-electron chi connectivity index (χ2n) is 5.55. The van der Waals surface area contributed by atoms with E-state index in [1.165, 1.54) is 0 Å². The molecule has 0 radical (unpaired) electrons. The Morgan fingerprint density at radius 1 is 1.35 bits per heavy atom. The summed E-state index contributed by atoms with van der Waals surface area (Å²) in [6, 6.07) is 5.84. The zero-order chi connectivity index (χ0) is 13.8. The lowest BCUT2D eigenvalue weighted by molar-refractivity contribution is 0.0549. The molecule has 3 rings (SSSR count). The molecule has 0 aromatic carbocycles. The molecule has 2 N–H and O–H groups in total. The van der Waals surface area contributed by atoms with Crippen molar-refractivity contribution in [3.05, 3.63) is 30.1 Å². The highest BCUT2D eigenvalue weighted by Gasteiger charge is 2.38. The van der Waals surface area contributed by atoms with Crippen LogP contribution in [0, 0.1) is 5.92 Å². The number of pyridine rings is 1. The summed E-state index contributed by atoms with van der Waals surface area (Å²) < 4.78 is 5.72. The van der Waals surface area contributed by atoms with Gasteiger partial charge in [-0.3, -0.25) is 4.98 Å². The second-order valence-corrected chi connectivity index (χ2v) is 5.55. The van der Waals surface area contributed by atoms with E-state index in [0.29, 0.717) is 18.6 Å². The number of hydrogen-bond donors (Lipinski definition) is 2. The largest absolute Gasteiger partial charge is 0.378 e. The fourth-order valence-corrected chi connectivity index (χ4v) is 3.25. The van der Waals surface area contributed by atoms with Gasteiger partial charge in [0.05, 0.1) is 18.3 Å². The molecule has 1 aromatic heterocycles. The zero-order valence-electron chi connectivity index (χ0n) is 11.5. The molecule has 2 amide bonds. The molecule has 5 heteroatoms. The molecule has 1 aromatic rings. The molecule has 2 aliphatic rings. The van der Waals surface area contributed by atoms with Crippen LogP contribution in [0.1, 0.15) is 31.4 Å². The SMILES string of the molecule is O=C(NCc1ccccn1)N[C@@H]1CCC[C@@H]2OCC[C@@H]21. The van der Waals surface area contributed by atoms with Crippen LogP contribution < -0.4 is 10.6 Å². The smallest absolute Gasteiger partial charge is 0.315 e.